The third-order valence-corrected chi connectivity index (χ3v) is 7.67. The zero-order chi connectivity index (χ0) is 22.4. The number of rotatable bonds is 4. The van der Waals surface area contributed by atoms with Gasteiger partial charge in [0.1, 0.15) is 0 Å². The second-order valence-electron chi connectivity index (χ2n) is 7.60. The molecule has 2 aromatic rings. The van der Waals surface area contributed by atoms with Crippen LogP contribution < -0.4 is 0 Å². The van der Waals surface area contributed by atoms with E-state index in [0.717, 1.165) is 15.9 Å². The van der Waals surface area contributed by atoms with E-state index >= 15 is 0 Å². The fourth-order valence-electron chi connectivity index (χ4n) is 4.19. The molecule has 0 saturated heterocycles. The molecule has 1 aliphatic carbocycles. The molecule has 6 nitrogen and oxygen atoms in total. The van der Waals surface area contributed by atoms with Crippen molar-refractivity contribution >= 4 is 16.0 Å². The van der Waals surface area contributed by atoms with Gasteiger partial charge < -0.3 is 5.11 Å². The van der Waals surface area contributed by atoms with Crippen molar-refractivity contribution in [3.8, 4) is 0 Å². The van der Waals surface area contributed by atoms with E-state index in [1.54, 1.807) is 18.2 Å². The van der Waals surface area contributed by atoms with Crippen LogP contribution in [0, 0.1) is 0 Å². The van der Waals surface area contributed by atoms with Gasteiger partial charge >= 0.3 is 12.1 Å². The summed E-state index contributed by atoms with van der Waals surface area (Å²) in [5, 5.41) is 9.42. The Bertz CT molecular complexity index is 1150. The molecule has 0 spiro atoms. The summed E-state index contributed by atoms with van der Waals surface area (Å²) in [6.07, 6.45) is 0.0196. The SMILES string of the molecule is O=C(O)C1CCc2ccc(S(=O)(=O)N3CC(C(F)(F)F)=CCC3c3ccncc3)cc21. The number of benzene rings is 1. The van der Waals surface area contributed by atoms with E-state index in [2.05, 4.69) is 4.98 Å². The third-order valence-electron chi connectivity index (χ3n) is 5.82. The number of nitrogens with zero attached hydrogens (tertiary/aromatic N) is 2. The van der Waals surface area contributed by atoms with Crippen LogP contribution in [0.15, 0.2) is 59.3 Å². The van der Waals surface area contributed by atoms with Gasteiger partial charge in [0.15, 0.2) is 0 Å². The molecule has 164 valence electrons. The molecular formula is C21H19F3N2O4S. The fourth-order valence-corrected chi connectivity index (χ4v) is 5.83. The van der Waals surface area contributed by atoms with Gasteiger partial charge in [-0.2, -0.15) is 17.5 Å². The second-order valence-corrected chi connectivity index (χ2v) is 9.49. The number of sulfonamides is 1. The van der Waals surface area contributed by atoms with Crippen molar-refractivity contribution < 1.29 is 31.5 Å². The number of hydrogen-bond acceptors (Lipinski definition) is 4. The number of aliphatic carboxylic acids is 1. The number of hydrogen-bond donors (Lipinski definition) is 1. The minimum atomic E-state index is -4.65. The van der Waals surface area contributed by atoms with Gasteiger partial charge in [-0.15, -0.1) is 0 Å². The first-order valence-electron chi connectivity index (χ1n) is 9.62. The molecule has 1 aliphatic heterocycles. The maximum atomic E-state index is 13.5. The van der Waals surface area contributed by atoms with Gasteiger partial charge in [-0.25, -0.2) is 8.42 Å². The van der Waals surface area contributed by atoms with Gasteiger partial charge in [0.05, 0.1) is 16.9 Å². The van der Waals surface area contributed by atoms with Crippen molar-refractivity contribution in [1.82, 2.24) is 9.29 Å². The first kappa shape index (κ1) is 21.5. The number of alkyl halides is 3. The van der Waals surface area contributed by atoms with Crippen molar-refractivity contribution in [1.29, 1.82) is 0 Å². The van der Waals surface area contributed by atoms with Crippen LogP contribution in [0.2, 0.25) is 0 Å². The fraction of sp³-hybridized carbons (Fsp3) is 0.333. The van der Waals surface area contributed by atoms with Gasteiger partial charge in [-0.05, 0) is 60.2 Å². The van der Waals surface area contributed by atoms with Crippen molar-refractivity contribution in [2.75, 3.05) is 6.54 Å². The molecule has 2 unspecified atom stereocenters. The zero-order valence-electron chi connectivity index (χ0n) is 16.2. The van der Waals surface area contributed by atoms with Gasteiger partial charge in [0.25, 0.3) is 0 Å². The minimum Gasteiger partial charge on any atom is -0.481 e. The third kappa shape index (κ3) is 3.97. The lowest BCUT2D eigenvalue weighted by Crippen LogP contribution is -2.41. The predicted octanol–water partition coefficient (Wildman–Crippen LogP) is 3.82. The smallest absolute Gasteiger partial charge is 0.413 e. The van der Waals surface area contributed by atoms with E-state index in [4.69, 9.17) is 0 Å². The van der Waals surface area contributed by atoms with Crippen molar-refractivity contribution in [2.24, 2.45) is 0 Å². The highest BCUT2D eigenvalue weighted by Crippen LogP contribution is 2.41. The molecular weight excluding hydrogens is 433 g/mol. The van der Waals surface area contributed by atoms with Crippen LogP contribution in [-0.4, -0.2) is 41.5 Å². The van der Waals surface area contributed by atoms with Crippen LogP contribution >= 0.6 is 0 Å². The van der Waals surface area contributed by atoms with Crippen molar-refractivity contribution in [3.63, 3.8) is 0 Å². The van der Waals surface area contributed by atoms with Crippen molar-refractivity contribution in [3.05, 3.63) is 71.1 Å². The molecule has 0 saturated carbocycles. The largest absolute Gasteiger partial charge is 0.481 e. The molecule has 1 N–H and O–H groups in total. The van der Waals surface area contributed by atoms with E-state index < -0.39 is 46.2 Å². The highest BCUT2D eigenvalue weighted by atomic mass is 32.2. The predicted molar refractivity (Wildman–Crippen MR) is 105 cm³/mol. The summed E-state index contributed by atoms with van der Waals surface area (Å²) >= 11 is 0. The van der Waals surface area contributed by atoms with Gasteiger partial charge in [-0.1, -0.05) is 12.1 Å². The lowest BCUT2D eigenvalue weighted by atomic mass is 9.99. The number of carbonyl (C=O) groups is 1. The Kier molecular flexibility index (Phi) is 5.38. The summed E-state index contributed by atoms with van der Waals surface area (Å²) in [5.74, 6) is -1.88. The van der Waals surface area contributed by atoms with Crippen LogP contribution in [0.3, 0.4) is 0 Å². The van der Waals surface area contributed by atoms with E-state index in [1.165, 1.54) is 24.5 Å². The second kappa shape index (κ2) is 7.76. The van der Waals surface area contributed by atoms with Gasteiger partial charge in [-0.3, -0.25) is 9.78 Å². The van der Waals surface area contributed by atoms with Gasteiger partial charge in [0.2, 0.25) is 10.0 Å². The topological polar surface area (TPSA) is 87.6 Å². The Morgan fingerprint density at radius 1 is 1.16 bits per heavy atom. The van der Waals surface area contributed by atoms with E-state index in [9.17, 15) is 31.5 Å². The number of carboxylic acid groups (broad SMARTS) is 1. The normalized spacial score (nSPS) is 22.1. The summed E-state index contributed by atoms with van der Waals surface area (Å²) in [7, 11) is -4.34. The summed E-state index contributed by atoms with van der Waals surface area (Å²) in [6, 6.07) is 6.50. The molecule has 10 heteroatoms. The molecule has 0 bridgehead atoms. The monoisotopic (exact) mass is 452 g/mol. The average Bonchev–Trinajstić information content (AvgIpc) is 3.17. The Balaban J connectivity index is 1.78. The average molecular weight is 452 g/mol. The van der Waals surface area contributed by atoms with E-state index in [0.29, 0.717) is 24.0 Å². The van der Waals surface area contributed by atoms with Crippen molar-refractivity contribution in [2.45, 2.75) is 42.3 Å². The summed E-state index contributed by atoms with van der Waals surface area (Å²) in [6.45, 7) is -0.821. The van der Waals surface area contributed by atoms with Gasteiger partial charge in [0, 0.05) is 24.5 Å². The highest BCUT2D eigenvalue weighted by molar-refractivity contribution is 7.89. The number of fused-ring (bicyclic) bond motifs is 1. The molecule has 2 heterocycles. The molecule has 31 heavy (non-hydrogen) atoms. The highest BCUT2D eigenvalue weighted by Gasteiger charge is 2.43. The van der Waals surface area contributed by atoms with E-state index in [-0.39, 0.29) is 11.3 Å². The molecule has 4 rings (SSSR count). The Labute approximate surface area is 177 Å². The molecule has 0 radical (unpaired) electrons. The molecule has 0 fully saturated rings. The standard InChI is InChI=1S/C21H19F3N2O4S/c22-21(23,24)15-3-6-19(14-7-9-25-10-8-14)26(12-15)31(29,30)16-4-1-13-2-5-17(20(27)28)18(13)11-16/h1,3-4,7-11,17,19H,2,5-6,12H2,(H,27,28). The molecule has 2 atom stereocenters. The number of pyridine rings is 1. The van der Waals surface area contributed by atoms with Crippen LogP contribution in [0.1, 0.15) is 41.5 Å². The van der Waals surface area contributed by atoms with E-state index in [1.807, 2.05) is 0 Å². The minimum absolute atomic E-state index is 0.138. The van der Waals surface area contributed by atoms with Crippen LogP contribution in [0.4, 0.5) is 13.2 Å². The lowest BCUT2D eigenvalue weighted by Gasteiger charge is -2.35. The summed E-state index contributed by atoms with van der Waals surface area (Å²) in [4.78, 5) is 15.2. The zero-order valence-corrected chi connectivity index (χ0v) is 17.0. The molecule has 1 aromatic heterocycles. The molecule has 0 amide bonds. The number of carboxylic acids is 1. The Morgan fingerprint density at radius 3 is 2.52 bits per heavy atom. The quantitative estimate of drug-likeness (QED) is 0.713. The molecule has 2 aliphatic rings. The summed E-state index contributed by atoms with van der Waals surface area (Å²) < 4.78 is 68.0. The van der Waals surface area contributed by atoms with Crippen LogP contribution in [-0.2, 0) is 21.2 Å². The maximum absolute atomic E-state index is 13.5. The lowest BCUT2D eigenvalue weighted by molar-refractivity contribution is -0.138. The number of aromatic nitrogens is 1. The Hall–Kier alpha value is -2.72. The van der Waals surface area contributed by atoms with Crippen LogP contribution in [0.25, 0.3) is 0 Å². The number of aryl methyl sites for hydroxylation is 1. The first-order valence-corrected chi connectivity index (χ1v) is 11.1. The summed E-state index contributed by atoms with van der Waals surface area (Å²) in [5.41, 5.74) is 0.746. The molecule has 1 aromatic carbocycles. The Morgan fingerprint density at radius 2 is 1.87 bits per heavy atom. The first-order chi connectivity index (χ1) is 14.6. The number of halogens is 3. The maximum Gasteiger partial charge on any atom is 0.413 e. The van der Waals surface area contributed by atoms with Crippen LogP contribution in [0.5, 0.6) is 0 Å².